The third kappa shape index (κ3) is 3.52. The fourth-order valence-corrected chi connectivity index (χ4v) is 4.40. The van der Waals surface area contributed by atoms with E-state index in [2.05, 4.69) is 34.4 Å². The zero-order chi connectivity index (χ0) is 19.1. The van der Waals surface area contributed by atoms with Crippen molar-refractivity contribution in [1.29, 1.82) is 0 Å². The van der Waals surface area contributed by atoms with Gasteiger partial charge in [-0.15, -0.1) is 0 Å². The van der Waals surface area contributed by atoms with Crippen molar-refractivity contribution in [3.05, 3.63) is 29.4 Å². The first-order valence-corrected chi connectivity index (χ1v) is 9.76. The molecule has 7 heteroatoms. The van der Waals surface area contributed by atoms with Gasteiger partial charge in [0.15, 0.2) is 0 Å². The zero-order valence-electron chi connectivity index (χ0n) is 16.4. The van der Waals surface area contributed by atoms with E-state index in [1.807, 2.05) is 11.1 Å². The van der Waals surface area contributed by atoms with Gasteiger partial charge >= 0.3 is 5.97 Å². The minimum atomic E-state index is -0.136. The van der Waals surface area contributed by atoms with Gasteiger partial charge in [-0.25, -0.2) is 4.98 Å². The second-order valence-corrected chi connectivity index (χ2v) is 8.15. The Morgan fingerprint density at radius 2 is 1.96 bits per heavy atom. The van der Waals surface area contributed by atoms with Gasteiger partial charge < -0.3 is 14.2 Å². The Labute approximate surface area is 160 Å². The van der Waals surface area contributed by atoms with E-state index in [4.69, 9.17) is 4.74 Å². The van der Waals surface area contributed by atoms with E-state index in [9.17, 15) is 9.59 Å². The summed E-state index contributed by atoms with van der Waals surface area (Å²) in [6.45, 7) is 9.29. The lowest BCUT2D eigenvalue weighted by Crippen LogP contribution is -2.33. The highest BCUT2D eigenvalue weighted by Crippen LogP contribution is 2.52. The van der Waals surface area contributed by atoms with Gasteiger partial charge in [-0.1, -0.05) is 11.6 Å². The van der Waals surface area contributed by atoms with E-state index >= 15 is 0 Å². The average Bonchev–Trinajstić information content (AvgIpc) is 3.00. The van der Waals surface area contributed by atoms with E-state index < -0.39 is 0 Å². The number of likely N-dealkylation sites (tertiary alicyclic amines) is 1. The first-order chi connectivity index (χ1) is 13.0. The Balaban J connectivity index is 1.35. The molecule has 3 aliphatic rings. The number of esters is 1. The molecule has 146 valence electrons. The Kier molecular flexibility index (Phi) is 4.80. The lowest BCUT2D eigenvalue weighted by molar-refractivity contribution is -0.143. The first-order valence-electron chi connectivity index (χ1n) is 9.76. The molecule has 27 heavy (non-hydrogen) atoms. The van der Waals surface area contributed by atoms with Crippen molar-refractivity contribution >= 4 is 11.9 Å². The highest BCUT2D eigenvalue weighted by molar-refractivity contribution is 5.93. The highest BCUT2D eigenvalue weighted by Gasteiger charge is 2.61. The lowest BCUT2D eigenvalue weighted by Gasteiger charge is -2.18. The van der Waals surface area contributed by atoms with E-state index in [0.717, 1.165) is 38.4 Å². The number of ether oxygens (including phenoxy) is 1. The van der Waals surface area contributed by atoms with Crippen LogP contribution in [0.1, 0.15) is 30.2 Å². The molecule has 1 unspecified atom stereocenters. The van der Waals surface area contributed by atoms with Crippen LogP contribution < -0.4 is 0 Å². The Bertz CT molecular complexity index is 743. The van der Waals surface area contributed by atoms with Crippen LogP contribution in [0.25, 0.3) is 0 Å². The molecule has 1 amide bonds. The number of nitrogens with zero attached hydrogens (tertiary/aromatic N) is 4. The number of piperidine rings is 1. The highest BCUT2D eigenvalue weighted by atomic mass is 16.5. The van der Waals surface area contributed by atoms with Gasteiger partial charge in [-0.05, 0) is 25.7 Å². The van der Waals surface area contributed by atoms with E-state index in [1.165, 1.54) is 12.7 Å². The number of fused-ring (bicyclic) bond motifs is 2. The van der Waals surface area contributed by atoms with Crippen molar-refractivity contribution < 1.29 is 14.3 Å². The molecule has 0 spiro atoms. The average molecular weight is 372 g/mol. The summed E-state index contributed by atoms with van der Waals surface area (Å²) in [5.74, 6) is 1.38. The van der Waals surface area contributed by atoms with Crippen LogP contribution in [0.15, 0.2) is 17.8 Å². The molecule has 0 bridgehead atoms. The topological polar surface area (TPSA) is 67.7 Å². The smallest absolute Gasteiger partial charge is 0.309 e. The van der Waals surface area contributed by atoms with Crippen LogP contribution in [0.5, 0.6) is 0 Å². The summed E-state index contributed by atoms with van der Waals surface area (Å²) >= 11 is 0. The summed E-state index contributed by atoms with van der Waals surface area (Å²) in [5.41, 5.74) is 1.88. The minimum Gasteiger partial charge on any atom is -0.469 e. The number of aromatic nitrogens is 2. The molecule has 7 nitrogen and oxygen atoms in total. The predicted molar refractivity (Wildman–Crippen MR) is 100 cm³/mol. The Hall–Kier alpha value is -2.15. The van der Waals surface area contributed by atoms with Crippen molar-refractivity contribution in [3.8, 4) is 0 Å². The quantitative estimate of drug-likeness (QED) is 0.587. The van der Waals surface area contributed by atoms with Crippen molar-refractivity contribution in [2.75, 3.05) is 39.8 Å². The molecule has 2 fully saturated rings. The number of imidazole rings is 1. The third-order valence-electron chi connectivity index (χ3n) is 6.10. The second-order valence-electron chi connectivity index (χ2n) is 8.15. The number of hydrogen-bond acceptors (Lipinski definition) is 5. The summed E-state index contributed by atoms with van der Waals surface area (Å²) in [6.07, 6.45) is 5.02. The second kappa shape index (κ2) is 7.11. The van der Waals surface area contributed by atoms with E-state index in [1.54, 1.807) is 0 Å². The SMILES string of the molecule is COC(=O)C1[C@H]2CN(C(=O)c3cn4c(n3)CCN(CC=C(C)C)CC4)C[C@@H]12. The van der Waals surface area contributed by atoms with Crippen LogP contribution in [-0.2, 0) is 22.5 Å². The van der Waals surface area contributed by atoms with Crippen LogP contribution >= 0.6 is 0 Å². The molecule has 1 saturated heterocycles. The van der Waals surface area contributed by atoms with E-state index in [-0.39, 0.29) is 29.6 Å². The number of hydrogen-bond donors (Lipinski definition) is 0. The van der Waals surface area contributed by atoms with Crippen molar-refractivity contribution in [1.82, 2.24) is 19.4 Å². The largest absolute Gasteiger partial charge is 0.469 e. The number of allylic oxidation sites excluding steroid dienone is 1. The Morgan fingerprint density at radius 1 is 1.22 bits per heavy atom. The maximum Gasteiger partial charge on any atom is 0.309 e. The number of rotatable bonds is 4. The van der Waals surface area contributed by atoms with E-state index in [0.29, 0.717) is 18.8 Å². The standard InChI is InChI=1S/C20H28N4O3/c1-13(2)4-6-22-7-5-17-21-16(12-23(17)9-8-22)19(25)24-10-14-15(11-24)18(14)20(26)27-3/h4,12,14-15,18H,5-11H2,1-3H3/t14-,15+,18?. The van der Waals surface area contributed by atoms with Crippen molar-refractivity contribution in [3.63, 3.8) is 0 Å². The summed E-state index contributed by atoms with van der Waals surface area (Å²) < 4.78 is 6.96. The molecule has 1 saturated carbocycles. The van der Waals surface area contributed by atoms with Crippen LogP contribution in [0.2, 0.25) is 0 Å². The molecule has 0 aromatic carbocycles. The molecule has 0 radical (unpaired) electrons. The first kappa shape index (κ1) is 18.2. The zero-order valence-corrected chi connectivity index (χ0v) is 16.4. The number of methoxy groups -OCH3 is 1. The van der Waals surface area contributed by atoms with Gasteiger partial charge in [0, 0.05) is 51.9 Å². The molecule has 3 atom stereocenters. The lowest BCUT2D eigenvalue weighted by atomic mass is 10.2. The number of amides is 1. The van der Waals surface area contributed by atoms with Gasteiger partial charge in [0.05, 0.1) is 13.0 Å². The summed E-state index contributed by atoms with van der Waals surface area (Å²) in [7, 11) is 1.43. The fourth-order valence-electron chi connectivity index (χ4n) is 4.40. The summed E-state index contributed by atoms with van der Waals surface area (Å²) in [6, 6.07) is 0. The summed E-state index contributed by atoms with van der Waals surface area (Å²) in [4.78, 5) is 33.4. The fraction of sp³-hybridized carbons (Fsp3) is 0.650. The van der Waals surface area contributed by atoms with Gasteiger partial charge in [0.1, 0.15) is 11.5 Å². The molecule has 1 aromatic rings. The third-order valence-corrected chi connectivity index (χ3v) is 6.10. The summed E-state index contributed by atoms with van der Waals surface area (Å²) in [5, 5.41) is 0. The predicted octanol–water partition coefficient (Wildman–Crippen LogP) is 1.20. The maximum atomic E-state index is 12.8. The number of carbonyl (C=O) groups is 2. The normalized spacial score (nSPS) is 26.8. The van der Waals surface area contributed by atoms with Crippen molar-refractivity contribution in [2.24, 2.45) is 17.8 Å². The monoisotopic (exact) mass is 372 g/mol. The Morgan fingerprint density at radius 3 is 2.63 bits per heavy atom. The van der Waals surface area contributed by atoms with Crippen LogP contribution in [-0.4, -0.2) is 71.1 Å². The maximum absolute atomic E-state index is 12.8. The van der Waals surface area contributed by atoms with Crippen LogP contribution in [0, 0.1) is 17.8 Å². The molecule has 2 aliphatic heterocycles. The van der Waals surface area contributed by atoms with Crippen LogP contribution in [0.3, 0.4) is 0 Å². The molecular weight excluding hydrogens is 344 g/mol. The molecule has 4 rings (SSSR count). The van der Waals surface area contributed by atoms with Gasteiger partial charge in [0.2, 0.25) is 0 Å². The molecular formula is C20H28N4O3. The molecule has 1 aromatic heterocycles. The van der Waals surface area contributed by atoms with Crippen LogP contribution in [0.4, 0.5) is 0 Å². The van der Waals surface area contributed by atoms with Gasteiger partial charge in [-0.3, -0.25) is 14.5 Å². The minimum absolute atomic E-state index is 0.00668. The number of carbonyl (C=O) groups excluding carboxylic acids is 2. The van der Waals surface area contributed by atoms with Gasteiger partial charge in [0.25, 0.3) is 5.91 Å². The van der Waals surface area contributed by atoms with Crippen molar-refractivity contribution in [2.45, 2.75) is 26.8 Å². The molecule has 1 aliphatic carbocycles. The molecule has 0 N–H and O–H groups in total. The molecule has 3 heterocycles. The van der Waals surface area contributed by atoms with Gasteiger partial charge in [-0.2, -0.15) is 0 Å².